The lowest BCUT2D eigenvalue weighted by Gasteiger charge is -2.23. The fraction of sp³-hybridized carbons (Fsp3) is 0.571. The fourth-order valence-corrected chi connectivity index (χ4v) is 1.05. The summed E-state index contributed by atoms with van der Waals surface area (Å²) in [6, 6.07) is -1.65. The molecule has 1 fully saturated rings. The molecule has 1 aliphatic rings. The molecule has 1 atom stereocenters. The van der Waals surface area contributed by atoms with Gasteiger partial charge in [-0.15, -0.1) is 0 Å². The van der Waals surface area contributed by atoms with Gasteiger partial charge in [0.15, 0.2) is 0 Å². The number of amides is 3. The zero-order valence-corrected chi connectivity index (χ0v) is 7.25. The van der Waals surface area contributed by atoms with Crippen molar-refractivity contribution in [2.75, 3.05) is 0 Å². The van der Waals surface area contributed by atoms with E-state index in [9.17, 15) is 14.4 Å². The topological polar surface area (TPSA) is 95.5 Å². The van der Waals surface area contributed by atoms with Gasteiger partial charge in [-0.2, -0.15) is 0 Å². The molecule has 0 aromatic rings. The molecule has 3 amide bonds. The monoisotopic (exact) mass is 186 g/mol. The predicted molar refractivity (Wildman–Crippen MR) is 41.9 cm³/mol. The number of carbonyl (C=O) groups excluding carboxylic acids is 2. The van der Waals surface area contributed by atoms with E-state index < -0.39 is 29.4 Å². The first-order valence-electron chi connectivity index (χ1n) is 3.70. The van der Waals surface area contributed by atoms with Crippen LogP contribution in [0.15, 0.2) is 0 Å². The third-order valence-electron chi connectivity index (χ3n) is 2.05. The maximum absolute atomic E-state index is 11.1. The summed E-state index contributed by atoms with van der Waals surface area (Å²) in [4.78, 5) is 32.5. The van der Waals surface area contributed by atoms with Crippen molar-refractivity contribution in [3.05, 3.63) is 0 Å². The minimum atomic E-state index is -1.30. The second-order valence-electron chi connectivity index (χ2n) is 3.42. The lowest BCUT2D eigenvalue weighted by atomic mass is 9.84. The van der Waals surface area contributed by atoms with Gasteiger partial charge >= 0.3 is 12.0 Å². The minimum Gasteiger partial charge on any atom is -0.481 e. The predicted octanol–water partition coefficient (Wildman–Crippen LogP) is -0.695. The molecule has 0 spiro atoms. The van der Waals surface area contributed by atoms with Gasteiger partial charge in [0.2, 0.25) is 0 Å². The molecule has 0 saturated carbocycles. The summed E-state index contributed by atoms with van der Waals surface area (Å²) < 4.78 is 0. The van der Waals surface area contributed by atoms with Crippen LogP contribution in [0.2, 0.25) is 0 Å². The number of imide groups is 1. The molecule has 0 radical (unpaired) electrons. The minimum absolute atomic E-state index is 0.600. The van der Waals surface area contributed by atoms with Gasteiger partial charge in [-0.3, -0.25) is 14.9 Å². The molecule has 6 nitrogen and oxygen atoms in total. The van der Waals surface area contributed by atoms with Crippen molar-refractivity contribution in [3.63, 3.8) is 0 Å². The lowest BCUT2D eigenvalue weighted by Crippen LogP contribution is -2.47. The summed E-state index contributed by atoms with van der Waals surface area (Å²) in [6.07, 6.45) is 0. The largest absolute Gasteiger partial charge is 0.481 e. The van der Waals surface area contributed by atoms with Crippen LogP contribution in [-0.4, -0.2) is 29.1 Å². The van der Waals surface area contributed by atoms with Crippen LogP contribution in [0.5, 0.6) is 0 Å². The van der Waals surface area contributed by atoms with E-state index in [0.29, 0.717) is 0 Å². The summed E-state index contributed by atoms with van der Waals surface area (Å²) in [7, 11) is 0. The first kappa shape index (κ1) is 9.50. The van der Waals surface area contributed by atoms with E-state index in [1.807, 2.05) is 5.32 Å². The number of nitrogens with one attached hydrogen (secondary N) is 2. The maximum atomic E-state index is 11.1. The highest BCUT2D eigenvalue weighted by Gasteiger charge is 2.46. The zero-order valence-electron chi connectivity index (χ0n) is 7.25. The van der Waals surface area contributed by atoms with Crippen molar-refractivity contribution in [2.45, 2.75) is 19.9 Å². The van der Waals surface area contributed by atoms with E-state index in [1.165, 1.54) is 13.8 Å². The SMILES string of the molecule is CC(C)(C(=O)O)[C@@H]1NC(=O)NC1=O. The van der Waals surface area contributed by atoms with E-state index in [-0.39, 0.29) is 0 Å². The Balaban J connectivity index is 2.89. The Morgan fingerprint density at radius 3 is 2.31 bits per heavy atom. The van der Waals surface area contributed by atoms with Gasteiger partial charge in [0.1, 0.15) is 6.04 Å². The number of carbonyl (C=O) groups is 3. The van der Waals surface area contributed by atoms with Crippen LogP contribution in [-0.2, 0) is 9.59 Å². The highest BCUT2D eigenvalue weighted by Crippen LogP contribution is 2.22. The van der Waals surface area contributed by atoms with E-state index >= 15 is 0 Å². The Morgan fingerprint density at radius 2 is 2.00 bits per heavy atom. The van der Waals surface area contributed by atoms with Crippen LogP contribution in [0.3, 0.4) is 0 Å². The molecule has 0 aromatic carbocycles. The molecule has 0 aliphatic carbocycles. The number of carboxylic acid groups (broad SMARTS) is 1. The average molecular weight is 186 g/mol. The van der Waals surface area contributed by atoms with E-state index in [4.69, 9.17) is 5.11 Å². The first-order valence-corrected chi connectivity index (χ1v) is 3.70. The fourth-order valence-electron chi connectivity index (χ4n) is 1.05. The Hall–Kier alpha value is -1.59. The van der Waals surface area contributed by atoms with Crippen LogP contribution < -0.4 is 10.6 Å². The molecule has 13 heavy (non-hydrogen) atoms. The highest BCUT2D eigenvalue weighted by atomic mass is 16.4. The number of carboxylic acids is 1. The number of urea groups is 1. The van der Waals surface area contributed by atoms with Crippen LogP contribution in [0.25, 0.3) is 0 Å². The zero-order chi connectivity index (χ0) is 10.2. The van der Waals surface area contributed by atoms with Crippen molar-refractivity contribution >= 4 is 17.9 Å². The number of rotatable bonds is 2. The molecule has 1 aliphatic heterocycles. The van der Waals surface area contributed by atoms with E-state index in [0.717, 1.165) is 0 Å². The van der Waals surface area contributed by atoms with Crippen molar-refractivity contribution < 1.29 is 19.5 Å². The standard InChI is InChI=1S/C7H10N2O4/c1-7(2,5(11)12)3-4(10)9-6(13)8-3/h3H,1-2H3,(H,11,12)(H2,8,9,10,13)/t3-/m1/s1. The molecule has 1 saturated heterocycles. The Morgan fingerprint density at radius 1 is 1.46 bits per heavy atom. The molecule has 72 valence electrons. The quantitative estimate of drug-likeness (QED) is 0.497. The third kappa shape index (κ3) is 1.47. The normalized spacial score (nSPS) is 22.5. The lowest BCUT2D eigenvalue weighted by molar-refractivity contribution is -0.150. The highest BCUT2D eigenvalue weighted by molar-refractivity contribution is 6.06. The number of aliphatic carboxylic acids is 1. The van der Waals surface area contributed by atoms with E-state index in [1.54, 1.807) is 0 Å². The van der Waals surface area contributed by atoms with Gasteiger partial charge in [-0.25, -0.2) is 4.79 Å². The molecular formula is C7H10N2O4. The summed E-state index contributed by atoms with van der Waals surface area (Å²) in [5, 5.41) is 13.0. The second kappa shape index (κ2) is 2.72. The van der Waals surface area contributed by atoms with Crippen molar-refractivity contribution in [1.82, 2.24) is 10.6 Å². The van der Waals surface area contributed by atoms with E-state index in [2.05, 4.69) is 5.32 Å². The molecular weight excluding hydrogens is 176 g/mol. The molecule has 1 heterocycles. The van der Waals surface area contributed by atoms with Crippen LogP contribution >= 0.6 is 0 Å². The molecule has 3 N–H and O–H groups in total. The van der Waals surface area contributed by atoms with Gasteiger partial charge in [-0.1, -0.05) is 0 Å². The molecule has 0 bridgehead atoms. The summed E-state index contributed by atoms with van der Waals surface area (Å²) in [5.41, 5.74) is -1.30. The number of hydrogen-bond acceptors (Lipinski definition) is 3. The summed E-state index contributed by atoms with van der Waals surface area (Å²) in [5.74, 6) is -1.73. The van der Waals surface area contributed by atoms with Crippen molar-refractivity contribution in [2.24, 2.45) is 5.41 Å². The Bertz CT molecular complexity index is 284. The van der Waals surface area contributed by atoms with Gasteiger partial charge in [-0.05, 0) is 13.8 Å². The second-order valence-corrected chi connectivity index (χ2v) is 3.42. The van der Waals surface area contributed by atoms with Gasteiger partial charge in [0, 0.05) is 0 Å². The maximum Gasteiger partial charge on any atom is 0.322 e. The summed E-state index contributed by atoms with van der Waals surface area (Å²) in [6.45, 7) is 2.76. The van der Waals surface area contributed by atoms with Crippen molar-refractivity contribution in [1.29, 1.82) is 0 Å². The average Bonchev–Trinajstić information content (AvgIpc) is 2.30. The summed E-state index contributed by atoms with van der Waals surface area (Å²) >= 11 is 0. The van der Waals surface area contributed by atoms with Crippen LogP contribution in [0.4, 0.5) is 4.79 Å². The van der Waals surface area contributed by atoms with Gasteiger partial charge in [0.25, 0.3) is 5.91 Å². The third-order valence-corrected chi connectivity index (χ3v) is 2.05. The van der Waals surface area contributed by atoms with Gasteiger partial charge in [0.05, 0.1) is 5.41 Å². The Labute approximate surface area is 74.3 Å². The van der Waals surface area contributed by atoms with Gasteiger partial charge < -0.3 is 10.4 Å². The van der Waals surface area contributed by atoms with Crippen molar-refractivity contribution in [3.8, 4) is 0 Å². The molecule has 0 aromatic heterocycles. The smallest absolute Gasteiger partial charge is 0.322 e. The first-order chi connectivity index (χ1) is 5.85. The molecule has 0 unspecified atom stereocenters. The number of hydrogen-bond donors (Lipinski definition) is 3. The Kier molecular flexibility index (Phi) is 1.99. The van der Waals surface area contributed by atoms with Crippen LogP contribution in [0, 0.1) is 5.41 Å². The van der Waals surface area contributed by atoms with Crippen LogP contribution in [0.1, 0.15) is 13.8 Å². The molecule has 6 heteroatoms. The molecule has 1 rings (SSSR count).